The molecule has 0 fully saturated rings. The van der Waals surface area contributed by atoms with Gasteiger partial charge in [-0.05, 0) is 68.1 Å². The predicted molar refractivity (Wildman–Crippen MR) is 94.2 cm³/mol. The second-order valence-electron chi connectivity index (χ2n) is 6.03. The fourth-order valence-electron chi connectivity index (χ4n) is 2.55. The minimum atomic E-state index is -0.403. The predicted octanol–water partition coefficient (Wildman–Crippen LogP) is 2.35. The van der Waals surface area contributed by atoms with Crippen molar-refractivity contribution in [3.05, 3.63) is 59.2 Å². The molecule has 0 radical (unpaired) electrons. The lowest BCUT2D eigenvalue weighted by Gasteiger charge is -2.14. The third kappa shape index (κ3) is 5.28. The number of aryl methyl sites for hydroxylation is 1. The number of nitrogens with two attached hydrogens (primary N) is 1. The maximum atomic E-state index is 11.2. The molecule has 1 amide bonds. The monoisotopic (exact) mass is 328 g/mol. The molecule has 0 aromatic heterocycles. The van der Waals surface area contributed by atoms with Gasteiger partial charge in [-0.2, -0.15) is 0 Å². The molecule has 0 saturated carbocycles. The normalized spacial score (nSPS) is 12.0. The number of carbonyl (C=O) groups excluding carboxylic acids is 1. The van der Waals surface area contributed by atoms with E-state index in [0.29, 0.717) is 11.6 Å². The highest BCUT2D eigenvalue weighted by atomic mass is 16.3. The highest BCUT2D eigenvalue weighted by Crippen LogP contribution is 2.24. The van der Waals surface area contributed by atoms with Crippen LogP contribution in [0, 0.1) is 0 Å². The van der Waals surface area contributed by atoms with Crippen LogP contribution in [0.25, 0.3) is 0 Å². The van der Waals surface area contributed by atoms with Crippen LogP contribution in [0.15, 0.2) is 42.5 Å². The number of benzene rings is 2. The quantitative estimate of drug-likeness (QED) is 0.559. The van der Waals surface area contributed by atoms with Gasteiger partial charge >= 0.3 is 0 Å². The molecule has 5 N–H and O–H groups in total. The highest BCUT2D eigenvalue weighted by molar-refractivity contribution is 5.92. The van der Waals surface area contributed by atoms with Gasteiger partial charge in [-0.15, -0.1) is 0 Å². The molecule has 0 heterocycles. The van der Waals surface area contributed by atoms with E-state index in [1.54, 1.807) is 18.2 Å². The number of primary amides is 1. The molecule has 0 aliphatic carbocycles. The summed E-state index contributed by atoms with van der Waals surface area (Å²) in [7, 11) is 0. The zero-order valence-electron chi connectivity index (χ0n) is 13.8. The van der Waals surface area contributed by atoms with Crippen molar-refractivity contribution in [3.63, 3.8) is 0 Å². The standard InChI is InChI=1S/C19H24N2O3/c1-13(5-6-14-3-2-4-16(11-14)19(20)24)21-10-9-15-7-8-17(22)18(23)12-15/h2-4,7-8,11-13,21-23H,5-6,9-10H2,1H3,(H2,20,24)/t13-/m0/s1. The first-order chi connectivity index (χ1) is 11.5. The molecule has 128 valence electrons. The molecule has 2 aromatic carbocycles. The first-order valence-electron chi connectivity index (χ1n) is 8.08. The maximum Gasteiger partial charge on any atom is 0.248 e. The summed E-state index contributed by atoms with van der Waals surface area (Å²) in [5.41, 5.74) is 7.91. The Hall–Kier alpha value is -2.53. The van der Waals surface area contributed by atoms with E-state index in [1.807, 2.05) is 18.2 Å². The minimum Gasteiger partial charge on any atom is -0.504 e. The average molecular weight is 328 g/mol. The Balaban J connectivity index is 1.75. The summed E-state index contributed by atoms with van der Waals surface area (Å²) in [5, 5.41) is 22.2. The zero-order valence-corrected chi connectivity index (χ0v) is 13.8. The number of carbonyl (C=O) groups is 1. The Bertz CT molecular complexity index is 701. The molecule has 2 aromatic rings. The van der Waals surface area contributed by atoms with Crippen molar-refractivity contribution >= 4 is 5.91 Å². The second kappa shape index (κ2) is 8.36. The van der Waals surface area contributed by atoms with Crippen LogP contribution < -0.4 is 11.1 Å². The Kier molecular flexibility index (Phi) is 6.21. The summed E-state index contributed by atoms with van der Waals surface area (Å²) >= 11 is 0. The van der Waals surface area contributed by atoms with Crippen LogP contribution in [-0.2, 0) is 12.8 Å². The number of hydrogen-bond donors (Lipinski definition) is 4. The number of phenols is 2. The van der Waals surface area contributed by atoms with Gasteiger partial charge in [0.1, 0.15) is 0 Å². The molecule has 5 heteroatoms. The zero-order chi connectivity index (χ0) is 17.5. The SMILES string of the molecule is C[C@@H](CCc1cccc(C(N)=O)c1)NCCc1ccc(O)c(O)c1. The third-order valence-corrected chi connectivity index (χ3v) is 4.02. The fourth-order valence-corrected chi connectivity index (χ4v) is 2.55. The van der Waals surface area contributed by atoms with Crippen LogP contribution >= 0.6 is 0 Å². The van der Waals surface area contributed by atoms with Gasteiger partial charge in [0, 0.05) is 11.6 Å². The van der Waals surface area contributed by atoms with Gasteiger partial charge in [-0.25, -0.2) is 0 Å². The van der Waals surface area contributed by atoms with E-state index in [2.05, 4.69) is 12.2 Å². The number of amides is 1. The van der Waals surface area contributed by atoms with Crippen LogP contribution in [-0.4, -0.2) is 28.7 Å². The van der Waals surface area contributed by atoms with Gasteiger partial charge in [0.15, 0.2) is 11.5 Å². The molecule has 0 unspecified atom stereocenters. The van der Waals surface area contributed by atoms with Crippen molar-refractivity contribution in [1.29, 1.82) is 0 Å². The lowest BCUT2D eigenvalue weighted by molar-refractivity contribution is 0.1000. The van der Waals surface area contributed by atoms with E-state index in [-0.39, 0.29) is 11.5 Å². The van der Waals surface area contributed by atoms with Crippen molar-refractivity contribution in [1.82, 2.24) is 5.32 Å². The van der Waals surface area contributed by atoms with E-state index in [4.69, 9.17) is 5.73 Å². The largest absolute Gasteiger partial charge is 0.504 e. The molecule has 24 heavy (non-hydrogen) atoms. The Morgan fingerprint density at radius 3 is 2.54 bits per heavy atom. The Morgan fingerprint density at radius 2 is 1.83 bits per heavy atom. The summed E-state index contributed by atoms with van der Waals surface area (Å²) < 4.78 is 0. The van der Waals surface area contributed by atoms with Gasteiger partial charge in [-0.3, -0.25) is 4.79 Å². The van der Waals surface area contributed by atoms with Gasteiger partial charge < -0.3 is 21.3 Å². The molecular formula is C19H24N2O3. The molecule has 0 aliphatic heterocycles. The Morgan fingerprint density at radius 1 is 1.08 bits per heavy atom. The molecular weight excluding hydrogens is 304 g/mol. The van der Waals surface area contributed by atoms with Crippen molar-refractivity contribution < 1.29 is 15.0 Å². The van der Waals surface area contributed by atoms with Crippen molar-refractivity contribution in [3.8, 4) is 11.5 Å². The third-order valence-electron chi connectivity index (χ3n) is 4.02. The number of phenolic OH excluding ortho intramolecular Hbond substituents is 2. The first-order valence-corrected chi connectivity index (χ1v) is 8.08. The lowest BCUT2D eigenvalue weighted by Crippen LogP contribution is -2.28. The van der Waals surface area contributed by atoms with Gasteiger partial charge in [0.2, 0.25) is 5.91 Å². The van der Waals surface area contributed by atoms with Crippen molar-refractivity contribution in [2.24, 2.45) is 5.73 Å². The van der Waals surface area contributed by atoms with Gasteiger partial charge in [0.05, 0.1) is 0 Å². The second-order valence-corrected chi connectivity index (χ2v) is 6.03. The summed E-state index contributed by atoms with van der Waals surface area (Å²) in [6.07, 6.45) is 2.59. The molecule has 1 atom stereocenters. The molecule has 0 bridgehead atoms. The minimum absolute atomic E-state index is 0.0881. The summed E-state index contributed by atoms with van der Waals surface area (Å²) in [4.78, 5) is 11.2. The van der Waals surface area contributed by atoms with Crippen molar-refractivity contribution in [2.45, 2.75) is 32.2 Å². The fraction of sp³-hybridized carbons (Fsp3) is 0.316. The molecule has 0 spiro atoms. The number of hydrogen-bond acceptors (Lipinski definition) is 4. The number of nitrogens with one attached hydrogen (secondary N) is 1. The van der Waals surface area contributed by atoms with E-state index in [1.165, 1.54) is 6.07 Å². The summed E-state index contributed by atoms with van der Waals surface area (Å²) in [6.45, 7) is 2.90. The van der Waals surface area contributed by atoms with Gasteiger partial charge in [-0.1, -0.05) is 18.2 Å². The topological polar surface area (TPSA) is 95.6 Å². The molecule has 0 saturated heterocycles. The van der Waals surface area contributed by atoms with Crippen LogP contribution in [0.1, 0.15) is 34.8 Å². The van der Waals surface area contributed by atoms with Crippen LogP contribution in [0.4, 0.5) is 0 Å². The lowest BCUT2D eigenvalue weighted by atomic mass is 10.0. The smallest absolute Gasteiger partial charge is 0.248 e. The van der Waals surface area contributed by atoms with E-state index >= 15 is 0 Å². The average Bonchev–Trinajstić information content (AvgIpc) is 2.56. The molecule has 5 nitrogen and oxygen atoms in total. The van der Waals surface area contributed by atoms with Crippen molar-refractivity contribution in [2.75, 3.05) is 6.54 Å². The van der Waals surface area contributed by atoms with Crippen LogP contribution in [0.5, 0.6) is 11.5 Å². The van der Waals surface area contributed by atoms with Gasteiger partial charge in [0.25, 0.3) is 0 Å². The van der Waals surface area contributed by atoms with E-state index in [0.717, 1.165) is 36.9 Å². The number of rotatable bonds is 8. The van der Waals surface area contributed by atoms with Crippen LogP contribution in [0.3, 0.4) is 0 Å². The maximum absolute atomic E-state index is 11.2. The van der Waals surface area contributed by atoms with Crippen LogP contribution in [0.2, 0.25) is 0 Å². The Labute approximate surface area is 142 Å². The molecule has 2 rings (SSSR count). The summed E-state index contributed by atoms with van der Waals surface area (Å²) in [5.74, 6) is -0.590. The molecule has 0 aliphatic rings. The summed E-state index contributed by atoms with van der Waals surface area (Å²) in [6, 6.07) is 12.6. The first kappa shape index (κ1) is 17.8. The highest BCUT2D eigenvalue weighted by Gasteiger charge is 2.06. The van der Waals surface area contributed by atoms with E-state index in [9.17, 15) is 15.0 Å². The number of aromatic hydroxyl groups is 2. The van der Waals surface area contributed by atoms with E-state index < -0.39 is 5.91 Å².